The minimum absolute atomic E-state index is 0.239. The molecule has 4 nitrogen and oxygen atoms in total. The normalized spacial score (nSPS) is 9.95. The predicted octanol–water partition coefficient (Wildman–Crippen LogP) is 3.92. The molecule has 1 aromatic carbocycles. The van der Waals surface area contributed by atoms with Crippen molar-refractivity contribution < 1.29 is 4.74 Å². The summed E-state index contributed by atoms with van der Waals surface area (Å²) in [6.07, 6.45) is 0. The summed E-state index contributed by atoms with van der Waals surface area (Å²) < 4.78 is 10.4. The van der Waals surface area contributed by atoms with Gasteiger partial charge < -0.3 is 10.1 Å². The molecule has 0 aliphatic rings. The van der Waals surface area contributed by atoms with Crippen LogP contribution in [0.1, 0.15) is 5.56 Å². The second-order valence-corrected chi connectivity index (χ2v) is 5.57. The van der Waals surface area contributed by atoms with E-state index in [0.29, 0.717) is 23.7 Å². The molecular weight excluding hydrogens is 350 g/mol. The van der Waals surface area contributed by atoms with Crippen molar-refractivity contribution in [1.82, 2.24) is 4.37 Å². The number of benzene rings is 1. The van der Waals surface area contributed by atoms with Crippen LogP contribution in [0.2, 0.25) is 5.15 Å². The molecule has 0 bridgehead atoms. The number of halogens is 2. The Labute approximate surface area is 128 Å². The summed E-state index contributed by atoms with van der Waals surface area (Å²) in [7, 11) is 0. The van der Waals surface area contributed by atoms with Crippen LogP contribution in [-0.2, 0) is 0 Å². The molecular formula is C12H9BrClN3OS. The highest BCUT2D eigenvalue weighted by molar-refractivity contribution is 9.10. The Balaban J connectivity index is 1.83. The first-order chi connectivity index (χ1) is 9.20. The molecule has 0 aliphatic carbocycles. The third-order valence-electron chi connectivity index (χ3n) is 2.21. The van der Waals surface area contributed by atoms with Crippen LogP contribution < -0.4 is 10.1 Å². The van der Waals surface area contributed by atoms with Crippen molar-refractivity contribution in [2.75, 3.05) is 18.5 Å². The summed E-state index contributed by atoms with van der Waals surface area (Å²) in [5.41, 5.74) is 0.383. The van der Waals surface area contributed by atoms with Crippen molar-refractivity contribution >= 4 is 44.1 Å². The number of nitrogens with one attached hydrogen (secondary N) is 1. The van der Waals surface area contributed by atoms with E-state index in [1.54, 1.807) is 0 Å². The maximum atomic E-state index is 8.91. The van der Waals surface area contributed by atoms with E-state index in [1.165, 1.54) is 11.5 Å². The fourth-order valence-corrected chi connectivity index (χ4v) is 2.72. The molecule has 7 heteroatoms. The maximum absolute atomic E-state index is 8.91. The molecule has 0 amide bonds. The average molecular weight is 359 g/mol. The van der Waals surface area contributed by atoms with Crippen LogP contribution in [0.3, 0.4) is 0 Å². The number of nitriles is 1. The summed E-state index contributed by atoms with van der Waals surface area (Å²) in [5.74, 6) is 0.791. The number of ether oxygens (including phenoxy) is 1. The minimum Gasteiger partial charge on any atom is -0.492 e. The molecule has 98 valence electrons. The summed E-state index contributed by atoms with van der Waals surface area (Å²) in [4.78, 5) is 0. The van der Waals surface area contributed by atoms with Crippen LogP contribution in [0.15, 0.2) is 28.7 Å². The van der Waals surface area contributed by atoms with Crippen LogP contribution in [0, 0.1) is 11.3 Å². The Morgan fingerprint density at radius 3 is 3.11 bits per heavy atom. The second-order valence-electron chi connectivity index (χ2n) is 3.52. The van der Waals surface area contributed by atoms with Crippen molar-refractivity contribution in [2.24, 2.45) is 0 Å². The Morgan fingerprint density at radius 2 is 2.37 bits per heavy atom. The summed E-state index contributed by atoms with van der Waals surface area (Å²) in [5, 5.41) is 12.9. The molecule has 0 saturated heterocycles. The van der Waals surface area contributed by atoms with E-state index in [1.807, 2.05) is 30.3 Å². The van der Waals surface area contributed by atoms with E-state index >= 15 is 0 Å². The van der Waals surface area contributed by atoms with E-state index in [9.17, 15) is 0 Å². The van der Waals surface area contributed by atoms with E-state index < -0.39 is 0 Å². The molecule has 2 rings (SSSR count). The van der Waals surface area contributed by atoms with Gasteiger partial charge in [0, 0.05) is 11.0 Å². The third kappa shape index (κ3) is 3.83. The quantitative estimate of drug-likeness (QED) is 0.823. The molecule has 0 saturated carbocycles. The maximum Gasteiger partial charge on any atom is 0.162 e. The number of nitrogens with zero attached hydrogens (tertiary/aromatic N) is 2. The molecule has 1 aromatic heterocycles. The highest BCUT2D eigenvalue weighted by Gasteiger charge is 2.10. The molecule has 0 aliphatic heterocycles. The molecule has 0 atom stereocenters. The summed E-state index contributed by atoms with van der Waals surface area (Å²) >= 11 is 10.3. The number of aromatic nitrogens is 1. The van der Waals surface area contributed by atoms with Gasteiger partial charge in [-0.05, 0) is 29.7 Å². The monoisotopic (exact) mass is 357 g/mol. The lowest BCUT2D eigenvalue weighted by Crippen LogP contribution is -2.11. The molecule has 0 radical (unpaired) electrons. The van der Waals surface area contributed by atoms with Gasteiger partial charge in [0.15, 0.2) is 5.15 Å². The van der Waals surface area contributed by atoms with Gasteiger partial charge in [-0.25, -0.2) is 0 Å². The predicted molar refractivity (Wildman–Crippen MR) is 80.0 cm³/mol. The first kappa shape index (κ1) is 14.1. The highest BCUT2D eigenvalue weighted by atomic mass is 79.9. The van der Waals surface area contributed by atoms with Crippen LogP contribution in [0.5, 0.6) is 5.75 Å². The number of anilines is 1. The van der Waals surface area contributed by atoms with Crippen molar-refractivity contribution in [3.05, 3.63) is 39.5 Å². The van der Waals surface area contributed by atoms with E-state index in [0.717, 1.165) is 10.2 Å². The Hall–Kier alpha value is -1.29. The van der Waals surface area contributed by atoms with E-state index in [4.69, 9.17) is 21.6 Å². The first-order valence-corrected chi connectivity index (χ1v) is 7.32. The van der Waals surface area contributed by atoms with Gasteiger partial charge in [-0.1, -0.05) is 33.6 Å². The van der Waals surface area contributed by atoms with Crippen LogP contribution in [0.4, 0.5) is 5.00 Å². The number of hydrogen-bond donors (Lipinski definition) is 1. The van der Waals surface area contributed by atoms with Crippen LogP contribution in [-0.4, -0.2) is 17.5 Å². The van der Waals surface area contributed by atoms with Crippen molar-refractivity contribution in [3.8, 4) is 11.8 Å². The number of hydrogen-bond acceptors (Lipinski definition) is 5. The SMILES string of the molecule is N#Cc1c(Cl)nsc1NCCOc1cccc(Br)c1. The minimum atomic E-state index is 0.239. The molecule has 2 aromatic rings. The Kier molecular flexibility index (Phi) is 5.02. The molecule has 0 spiro atoms. The van der Waals surface area contributed by atoms with Gasteiger partial charge in [-0.2, -0.15) is 9.64 Å². The molecule has 0 fully saturated rings. The van der Waals surface area contributed by atoms with Gasteiger partial charge >= 0.3 is 0 Å². The van der Waals surface area contributed by atoms with Gasteiger partial charge in [0.25, 0.3) is 0 Å². The molecule has 1 heterocycles. The fraction of sp³-hybridized carbons (Fsp3) is 0.167. The van der Waals surface area contributed by atoms with Crippen LogP contribution >= 0.6 is 39.1 Å². The van der Waals surface area contributed by atoms with Gasteiger partial charge in [-0.15, -0.1) is 0 Å². The zero-order valence-electron chi connectivity index (χ0n) is 9.69. The first-order valence-electron chi connectivity index (χ1n) is 5.38. The van der Waals surface area contributed by atoms with Gasteiger partial charge in [0.05, 0.1) is 0 Å². The lowest BCUT2D eigenvalue weighted by atomic mass is 10.3. The topological polar surface area (TPSA) is 57.9 Å². The van der Waals surface area contributed by atoms with Crippen LogP contribution in [0.25, 0.3) is 0 Å². The third-order valence-corrected chi connectivity index (χ3v) is 3.89. The van der Waals surface area contributed by atoms with Crippen molar-refractivity contribution in [2.45, 2.75) is 0 Å². The van der Waals surface area contributed by atoms with Gasteiger partial charge in [-0.3, -0.25) is 0 Å². The van der Waals surface area contributed by atoms with Gasteiger partial charge in [0.1, 0.15) is 29.0 Å². The second kappa shape index (κ2) is 6.75. The zero-order valence-corrected chi connectivity index (χ0v) is 12.8. The molecule has 1 N–H and O–H groups in total. The summed E-state index contributed by atoms with van der Waals surface area (Å²) in [6.45, 7) is 1.05. The molecule has 0 unspecified atom stereocenters. The van der Waals surface area contributed by atoms with Crippen molar-refractivity contribution in [1.29, 1.82) is 5.26 Å². The lowest BCUT2D eigenvalue weighted by Gasteiger charge is -2.07. The van der Waals surface area contributed by atoms with E-state index in [2.05, 4.69) is 25.6 Å². The fourth-order valence-electron chi connectivity index (χ4n) is 1.38. The lowest BCUT2D eigenvalue weighted by molar-refractivity contribution is 0.333. The smallest absolute Gasteiger partial charge is 0.162 e. The zero-order chi connectivity index (χ0) is 13.7. The molecule has 19 heavy (non-hydrogen) atoms. The Bertz CT molecular complexity index is 611. The summed E-state index contributed by atoms with van der Waals surface area (Å²) in [6, 6.07) is 9.63. The van der Waals surface area contributed by atoms with Crippen molar-refractivity contribution in [3.63, 3.8) is 0 Å². The van der Waals surface area contributed by atoms with E-state index in [-0.39, 0.29) is 5.15 Å². The highest BCUT2D eigenvalue weighted by Crippen LogP contribution is 2.27. The van der Waals surface area contributed by atoms with Gasteiger partial charge in [0.2, 0.25) is 0 Å². The largest absolute Gasteiger partial charge is 0.492 e. The number of rotatable bonds is 5. The Morgan fingerprint density at radius 1 is 1.53 bits per heavy atom. The average Bonchev–Trinajstić information content (AvgIpc) is 2.75. The standard InChI is InChI=1S/C12H9BrClN3OS/c13-8-2-1-3-9(6-8)18-5-4-16-12-10(7-15)11(14)17-19-12/h1-3,6,16H,4-5H2.